The molecule has 0 aliphatic heterocycles. The van der Waals surface area contributed by atoms with Gasteiger partial charge in [0.15, 0.2) is 0 Å². The molecular weight excluding hydrogens is 221 g/mol. The third-order valence-electron chi connectivity index (χ3n) is 1.95. The Morgan fingerprint density at radius 3 is 2.20 bits per heavy atom. The predicted octanol–water partition coefficient (Wildman–Crippen LogP) is 1.95. The summed E-state index contributed by atoms with van der Waals surface area (Å²) in [5.41, 5.74) is 0. The summed E-state index contributed by atoms with van der Waals surface area (Å²) in [6, 6.07) is 0.386. The van der Waals surface area contributed by atoms with Gasteiger partial charge in [0.25, 0.3) is 0 Å². The molecule has 0 bridgehead atoms. The fourth-order valence-corrected chi connectivity index (χ4v) is 0.905. The van der Waals surface area contributed by atoms with Crippen LogP contribution in [0.1, 0.15) is 12.8 Å². The number of nitrogens with one attached hydrogen (secondary N) is 1. The quantitative estimate of drug-likeness (QED) is 0.559. The molecule has 2 nitrogen and oxygen atoms in total. The number of alkyl halides is 5. The highest BCUT2D eigenvalue weighted by atomic mass is 19.4. The molecule has 0 radical (unpaired) electrons. The average Bonchev–Trinajstić information content (AvgIpc) is 2.85. The Kier molecular flexibility index (Phi) is 3.88. The van der Waals surface area contributed by atoms with Gasteiger partial charge in [0.05, 0.1) is 6.61 Å². The Hall–Kier alpha value is -0.430. The van der Waals surface area contributed by atoms with Gasteiger partial charge in [-0.3, -0.25) is 0 Å². The Morgan fingerprint density at radius 2 is 1.73 bits per heavy atom. The van der Waals surface area contributed by atoms with Gasteiger partial charge in [-0.1, -0.05) is 0 Å². The molecule has 1 N–H and O–H groups in total. The van der Waals surface area contributed by atoms with Crippen LogP contribution in [0, 0.1) is 0 Å². The van der Waals surface area contributed by atoms with Crippen LogP contribution in [0.15, 0.2) is 0 Å². The maximum atomic E-state index is 12.3. The van der Waals surface area contributed by atoms with E-state index in [0.29, 0.717) is 12.6 Å². The minimum atomic E-state index is -5.53. The molecule has 1 aliphatic rings. The molecule has 0 aromatic carbocycles. The van der Waals surface area contributed by atoms with E-state index < -0.39 is 18.7 Å². The van der Waals surface area contributed by atoms with Gasteiger partial charge in [0.1, 0.15) is 6.61 Å². The largest absolute Gasteiger partial charge is 0.455 e. The summed E-state index contributed by atoms with van der Waals surface area (Å²) in [5.74, 6) is -4.76. The summed E-state index contributed by atoms with van der Waals surface area (Å²) in [6.45, 7) is -1.44. The van der Waals surface area contributed by atoms with E-state index in [4.69, 9.17) is 0 Å². The topological polar surface area (TPSA) is 21.3 Å². The molecule has 7 heteroatoms. The first-order valence-corrected chi connectivity index (χ1v) is 4.58. The molecule has 90 valence electrons. The first kappa shape index (κ1) is 12.6. The van der Waals surface area contributed by atoms with Crippen molar-refractivity contribution in [1.29, 1.82) is 0 Å². The van der Waals surface area contributed by atoms with Gasteiger partial charge in [-0.05, 0) is 12.8 Å². The highest BCUT2D eigenvalue weighted by Gasteiger charge is 2.57. The van der Waals surface area contributed by atoms with Crippen LogP contribution in [0.2, 0.25) is 0 Å². The fraction of sp³-hybridized carbons (Fsp3) is 1.00. The highest BCUT2D eigenvalue weighted by molar-refractivity contribution is 4.80. The van der Waals surface area contributed by atoms with E-state index in [1.165, 1.54) is 0 Å². The molecule has 0 unspecified atom stereocenters. The third kappa shape index (κ3) is 4.29. The minimum absolute atomic E-state index is 0.137. The molecule has 1 rings (SSSR count). The van der Waals surface area contributed by atoms with Crippen LogP contribution in [0.25, 0.3) is 0 Å². The maximum Gasteiger partial charge on any atom is 0.455 e. The van der Waals surface area contributed by atoms with Crippen molar-refractivity contribution >= 4 is 0 Å². The van der Waals surface area contributed by atoms with E-state index in [1.54, 1.807) is 0 Å². The number of ether oxygens (including phenoxy) is 1. The summed E-state index contributed by atoms with van der Waals surface area (Å²) in [6.07, 6.45) is -3.48. The molecule has 0 atom stereocenters. The molecular formula is C8H12F5NO. The summed E-state index contributed by atoms with van der Waals surface area (Å²) < 4.78 is 63.7. The molecule has 0 aromatic heterocycles. The first-order valence-electron chi connectivity index (χ1n) is 4.58. The minimum Gasteiger partial charge on any atom is -0.373 e. The number of rotatable bonds is 6. The number of hydrogen-bond donors (Lipinski definition) is 1. The zero-order valence-electron chi connectivity index (χ0n) is 7.91. The summed E-state index contributed by atoms with van der Waals surface area (Å²) >= 11 is 0. The lowest BCUT2D eigenvalue weighted by Crippen LogP contribution is -2.41. The van der Waals surface area contributed by atoms with Crippen molar-refractivity contribution in [3.05, 3.63) is 0 Å². The predicted molar refractivity (Wildman–Crippen MR) is 42.8 cm³/mol. The Labute approximate surface area is 83.8 Å². The summed E-state index contributed by atoms with van der Waals surface area (Å²) in [4.78, 5) is 0. The van der Waals surface area contributed by atoms with E-state index in [1.807, 2.05) is 0 Å². The van der Waals surface area contributed by atoms with Crippen molar-refractivity contribution < 1.29 is 26.7 Å². The van der Waals surface area contributed by atoms with Crippen molar-refractivity contribution in [3.8, 4) is 0 Å². The monoisotopic (exact) mass is 233 g/mol. The smallest absolute Gasteiger partial charge is 0.373 e. The third-order valence-corrected chi connectivity index (χ3v) is 1.95. The van der Waals surface area contributed by atoms with Crippen molar-refractivity contribution in [1.82, 2.24) is 5.32 Å². The average molecular weight is 233 g/mol. The molecule has 0 aromatic rings. The Morgan fingerprint density at radius 1 is 1.13 bits per heavy atom. The van der Waals surface area contributed by atoms with Gasteiger partial charge in [-0.15, -0.1) is 0 Å². The SMILES string of the molecule is FC(F)(F)C(F)(F)COCCNC1CC1. The van der Waals surface area contributed by atoms with Crippen LogP contribution in [-0.4, -0.2) is 37.9 Å². The Bertz CT molecular complexity index is 202. The molecule has 0 saturated heterocycles. The fourth-order valence-electron chi connectivity index (χ4n) is 0.905. The Balaban J connectivity index is 2.06. The van der Waals surface area contributed by atoms with Crippen LogP contribution in [0.5, 0.6) is 0 Å². The standard InChI is InChI=1S/C8H12F5NO/c9-7(10,8(11,12)13)5-15-4-3-14-6-1-2-6/h6,14H,1-5H2. The maximum absolute atomic E-state index is 12.3. The summed E-state index contributed by atoms with van der Waals surface area (Å²) in [5, 5.41) is 2.93. The van der Waals surface area contributed by atoms with Crippen LogP contribution in [-0.2, 0) is 4.74 Å². The summed E-state index contributed by atoms with van der Waals surface area (Å²) in [7, 11) is 0. The van der Waals surface area contributed by atoms with E-state index in [0.717, 1.165) is 12.8 Å². The molecule has 1 saturated carbocycles. The van der Waals surface area contributed by atoms with Crippen LogP contribution in [0.4, 0.5) is 22.0 Å². The molecule has 1 fully saturated rings. The van der Waals surface area contributed by atoms with Gasteiger partial charge in [0.2, 0.25) is 0 Å². The zero-order chi connectivity index (χ0) is 11.5. The molecule has 1 aliphatic carbocycles. The van der Waals surface area contributed by atoms with Gasteiger partial charge in [0, 0.05) is 12.6 Å². The van der Waals surface area contributed by atoms with E-state index in [9.17, 15) is 22.0 Å². The van der Waals surface area contributed by atoms with Crippen molar-refractivity contribution in [2.24, 2.45) is 0 Å². The molecule has 0 spiro atoms. The molecule has 0 heterocycles. The lowest BCUT2D eigenvalue weighted by Gasteiger charge is -2.19. The van der Waals surface area contributed by atoms with Gasteiger partial charge < -0.3 is 10.1 Å². The number of halogens is 5. The van der Waals surface area contributed by atoms with Crippen molar-refractivity contribution in [3.63, 3.8) is 0 Å². The van der Waals surface area contributed by atoms with E-state index in [-0.39, 0.29) is 6.61 Å². The van der Waals surface area contributed by atoms with Gasteiger partial charge in [-0.2, -0.15) is 22.0 Å². The second-order valence-corrected chi connectivity index (χ2v) is 3.48. The van der Waals surface area contributed by atoms with Crippen LogP contribution >= 0.6 is 0 Å². The second kappa shape index (κ2) is 4.61. The zero-order valence-corrected chi connectivity index (χ0v) is 7.91. The van der Waals surface area contributed by atoms with Crippen LogP contribution < -0.4 is 5.32 Å². The van der Waals surface area contributed by atoms with E-state index in [2.05, 4.69) is 10.1 Å². The normalized spacial score (nSPS) is 18.2. The lowest BCUT2D eigenvalue weighted by molar-refractivity contribution is -0.296. The van der Waals surface area contributed by atoms with E-state index >= 15 is 0 Å². The number of hydrogen-bond acceptors (Lipinski definition) is 2. The first-order chi connectivity index (χ1) is 6.83. The van der Waals surface area contributed by atoms with Crippen LogP contribution in [0.3, 0.4) is 0 Å². The second-order valence-electron chi connectivity index (χ2n) is 3.48. The lowest BCUT2D eigenvalue weighted by atomic mass is 10.3. The molecule has 0 amide bonds. The highest BCUT2D eigenvalue weighted by Crippen LogP contribution is 2.35. The van der Waals surface area contributed by atoms with Gasteiger partial charge >= 0.3 is 12.1 Å². The van der Waals surface area contributed by atoms with Crippen molar-refractivity contribution in [2.75, 3.05) is 19.8 Å². The molecule has 15 heavy (non-hydrogen) atoms. The van der Waals surface area contributed by atoms with Gasteiger partial charge in [-0.25, -0.2) is 0 Å². The van der Waals surface area contributed by atoms with Crippen molar-refractivity contribution in [2.45, 2.75) is 31.0 Å².